The number of aromatic nitrogens is 1. The largest absolute Gasteiger partial charge is 0.493 e. The number of nitrogens with zero attached hydrogens (tertiary/aromatic N) is 1. The van der Waals surface area contributed by atoms with Crippen LogP contribution in [0.25, 0.3) is 17.3 Å². The maximum Gasteiger partial charge on any atom is 0.250 e. The zero-order chi connectivity index (χ0) is 18.4. The van der Waals surface area contributed by atoms with Crippen molar-refractivity contribution in [2.75, 3.05) is 11.9 Å². The lowest BCUT2D eigenvalue weighted by molar-refractivity contribution is -0.111. The highest BCUT2D eigenvalue weighted by Crippen LogP contribution is 2.32. The lowest BCUT2D eigenvalue weighted by atomic mass is 10.1. The predicted octanol–water partition coefficient (Wildman–Crippen LogP) is 5.51. The van der Waals surface area contributed by atoms with Gasteiger partial charge in [0, 0.05) is 22.0 Å². The van der Waals surface area contributed by atoms with Crippen LogP contribution in [0.1, 0.15) is 12.5 Å². The Morgan fingerprint density at radius 3 is 2.81 bits per heavy atom. The summed E-state index contributed by atoms with van der Waals surface area (Å²) in [4.78, 5) is 16.6. The molecular formula is C20H17ClN2O2S. The van der Waals surface area contributed by atoms with Crippen LogP contribution in [0.2, 0.25) is 5.02 Å². The van der Waals surface area contributed by atoms with Gasteiger partial charge in [-0.2, -0.15) is 0 Å². The first-order chi connectivity index (χ1) is 12.7. The van der Waals surface area contributed by atoms with E-state index in [1.807, 2.05) is 54.8 Å². The molecule has 3 aromatic rings. The molecule has 0 spiro atoms. The highest BCUT2D eigenvalue weighted by Gasteiger charge is 2.10. The van der Waals surface area contributed by atoms with Gasteiger partial charge in [0.05, 0.1) is 12.3 Å². The number of ether oxygens (including phenoxy) is 1. The van der Waals surface area contributed by atoms with Crippen molar-refractivity contribution in [2.45, 2.75) is 6.92 Å². The highest BCUT2D eigenvalue weighted by atomic mass is 35.5. The molecule has 132 valence electrons. The Morgan fingerprint density at radius 1 is 1.23 bits per heavy atom. The van der Waals surface area contributed by atoms with Gasteiger partial charge >= 0.3 is 0 Å². The van der Waals surface area contributed by atoms with Gasteiger partial charge in [-0.15, -0.1) is 11.3 Å². The first-order valence-electron chi connectivity index (χ1n) is 8.08. The summed E-state index contributed by atoms with van der Waals surface area (Å²) >= 11 is 7.44. The van der Waals surface area contributed by atoms with E-state index >= 15 is 0 Å². The minimum atomic E-state index is -0.260. The third kappa shape index (κ3) is 4.50. The van der Waals surface area contributed by atoms with Crippen LogP contribution in [-0.2, 0) is 4.79 Å². The second-order valence-electron chi connectivity index (χ2n) is 5.31. The van der Waals surface area contributed by atoms with Crippen molar-refractivity contribution in [3.8, 4) is 17.0 Å². The van der Waals surface area contributed by atoms with Crippen LogP contribution in [0.3, 0.4) is 0 Å². The van der Waals surface area contributed by atoms with Crippen molar-refractivity contribution in [1.82, 2.24) is 4.98 Å². The smallest absolute Gasteiger partial charge is 0.250 e. The Kier molecular flexibility index (Phi) is 6.04. The van der Waals surface area contributed by atoms with Crippen LogP contribution < -0.4 is 10.1 Å². The van der Waals surface area contributed by atoms with Gasteiger partial charge in [0.1, 0.15) is 5.75 Å². The van der Waals surface area contributed by atoms with E-state index in [4.69, 9.17) is 16.3 Å². The number of rotatable bonds is 6. The molecule has 0 aliphatic rings. The van der Waals surface area contributed by atoms with E-state index in [0.29, 0.717) is 16.8 Å². The normalized spacial score (nSPS) is 10.8. The first-order valence-corrected chi connectivity index (χ1v) is 9.34. The predicted molar refractivity (Wildman–Crippen MR) is 108 cm³/mol. The van der Waals surface area contributed by atoms with Crippen molar-refractivity contribution in [3.05, 3.63) is 70.6 Å². The number of para-hydroxylation sites is 1. The minimum Gasteiger partial charge on any atom is -0.493 e. The zero-order valence-electron chi connectivity index (χ0n) is 14.1. The number of thiazole rings is 1. The average Bonchev–Trinajstić information content (AvgIpc) is 3.10. The van der Waals surface area contributed by atoms with Crippen LogP contribution >= 0.6 is 22.9 Å². The SMILES string of the molecule is CCOc1ccccc1-c1csc(NC(=O)/C=C/c2ccccc2Cl)n1. The molecule has 1 N–H and O–H groups in total. The molecule has 0 aliphatic heterocycles. The summed E-state index contributed by atoms with van der Waals surface area (Å²) in [6.07, 6.45) is 3.12. The fourth-order valence-electron chi connectivity index (χ4n) is 2.34. The Bertz CT molecular complexity index is 937. The Morgan fingerprint density at radius 2 is 2.00 bits per heavy atom. The third-order valence-corrected chi connectivity index (χ3v) is 4.62. The summed E-state index contributed by atoms with van der Waals surface area (Å²) in [5.41, 5.74) is 2.46. The van der Waals surface area contributed by atoms with Gasteiger partial charge in [-0.05, 0) is 36.8 Å². The molecule has 1 heterocycles. The van der Waals surface area contributed by atoms with Gasteiger partial charge in [-0.25, -0.2) is 4.98 Å². The fraction of sp³-hybridized carbons (Fsp3) is 0.100. The molecule has 1 aromatic heterocycles. The van der Waals surface area contributed by atoms with Gasteiger partial charge in [0.15, 0.2) is 5.13 Å². The second-order valence-corrected chi connectivity index (χ2v) is 6.58. The van der Waals surface area contributed by atoms with E-state index < -0.39 is 0 Å². The number of nitrogens with one attached hydrogen (secondary N) is 1. The number of carbonyl (C=O) groups excluding carboxylic acids is 1. The number of carbonyl (C=O) groups is 1. The number of benzene rings is 2. The summed E-state index contributed by atoms with van der Waals surface area (Å²) in [5, 5.41) is 5.79. The van der Waals surface area contributed by atoms with Crippen LogP contribution in [0.4, 0.5) is 5.13 Å². The molecule has 0 radical (unpaired) electrons. The van der Waals surface area contributed by atoms with Gasteiger partial charge in [0.25, 0.3) is 0 Å². The molecule has 1 amide bonds. The van der Waals surface area contributed by atoms with Gasteiger partial charge in [-0.3, -0.25) is 10.1 Å². The molecule has 0 fully saturated rings. The van der Waals surface area contributed by atoms with Crippen LogP contribution in [-0.4, -0.2) is 17.5 Å². The van der Waals surface area contributed by atoms with Gasteiger partial charge in [-0.1, -0.05) is 41.9 Å². The fourth-order valence-corrected chi connectivity index (χ4v) is 3.25. The first kappa shape index (κ1) is 18.2. The summed E-state index contributed by atoms with van der Waals surface area (Å²) in [6, 6.07) is 15.0. The van der Waals surface area contributed by atoms with E-state index in [1.165, 1.54) is 17.4 Å². The molecule has 0 saturated heterocycles. The molecule has 0 atom stereocenters. The summed E-state index contributed by atoms with van der Waals surface area (Å²) in [5.74, 6) is 0.515. The Balaban J connectivity index is 1.71. The monoisotopic (exact) mass is 384 g/mol. The third-order valence-electron chi connectivity index (χ3n) is 3.52. The van der Waals surface area contributed by atoms with E-state index in [-0.39, 0.29) is 5.91 Å². The molecule has 26 heavy (non-hydrogen) atoms. The summed E-state index contributed by atoms with van der Waals surface area (Å²) < 4.78 is 5.63. The van der Waals surface area contributed by atoms with Gasteiger partial charge < -0.3 is 4.74 Å². The van der Waals surface area contributed by atoms with Crippen molar-refractivity contribution in [2.24, 2.45) is 0 Å². The van der Waals surface area contributed by atoms with E-state index in [9.17, 15) is 4.79 Å². The second kappa shape index (κ2) is 8.65. The maximum atomic E-state index is 12.1. The van der Waals surface area contributed by atoms with Gasteiger partial charge in [0.2, 0.25) is 5.91 Å². The van der Waals surface area contributed by atoms with E-state index in [1.54, 1.807) is 12.1 Å². The summed E-state index contributed by atoms with van der Waals surface area (Å²) in [7, 11) is 0. The van der Waals surface area contributed by atoms with Crippen molar-refractivity contribution in [3.63, 3.8) is 0 Å². The topological polar surface area (TPSA) is 51.2 Å². The molecule has 3 rings (SSSR count). The number of amides is 1. The zero-order valence-corrected chi connectivity index (χ0v) is 15.7. The number of hydrogen-bond acceptors (Lipinski definition) is 4. The Hall–Kier alpha value is -2.63. The minimum absolute atomic E-state index is 0.260. The molecular weight excluding hydrogens is 368 g/mol. The van der Waals surface area contributed by atoms with Crippen LogP contribution in [0, 0.1) is 0 Å². The maximum absolute atomic E-state index is 12.1. The molecule has 0 saturated carbocycles. The van der Waals surface area contributed by atoms with E-state index in [2.05, 4.69) is 10.3 Å². The summed E-state index contributed by atoms with van der Waals surface area (Å²) in [6.45, 7) is 2.52. The van der Waals surface area contributed by atoms with Crippen molar-refractivity contribution in [1.29, 1.82) is 0 Å². The van der Waals surface area contributed by atoms with E-state index in [0.717, 1.165) is 22.6 Å². The lowest BCUT2D eigenvalue weighted by Crippen LogP contribution is -2.07. The molecule has 0 aliphatic carbocycles. The molecule has 6 heteroatoms. The average molecular weight is 385 g/mol. The lowest BCUT2D eigenvalue weighted by Gasteiger charge is -2.07. The van der Waals surface area contributed by atoms with Crippen molar-refractivity contribution < 1.29 is 9.53 Å². The van der Waals surface area contributed by atoms with Crippen LogP contribution in [0.15, 0.2) is 60.0 Å². The highest BCUT2D eigenvalue weighted by molar-refractivity contribution is 7.14. The van der Waals surface area contributed by atoms with Crippen molar-refractivity contribution >= 4 is 40.1 Å². The quantitative estimate of drug-likeness (QED) is 0.570. The van der Waals surface area contributed by atoms with Crippen LogP contribution in [0.5, 0.6) is 5.75 Å². The Labute approximate surface area is 161 Å². The standard InChI is InChI=1S/C20H17ClN2O2S/c1-2-25-18-10-6-4-8-15(18)17-13-26-20(22-17)23-19(24)12-11-14-7-3-5-9-16(14)21/h3-13H,2H2,1H3,(H,22,23,24)/b12-11+. The molecule has 0 unspecified atom stereocenters. The number of hydrogen-bond donors (Lipinski definition) is 1. The number of halogens is 1. The molecule has 0 bridgehead atoms. The molecule has 2 aromatic carbocycles. The molecule has 4 nitrogen and oxygen atoms in total. The number of anilines is 1.